The molecule has 0 aliphatic carbocycles. The molecular weight excluding hydrogens is 280 g/mol. The number of benzene rings is 1. The molecule has 2 amide bonds. The maximum absolute atomic E-state index is 12.6. The standard InChI is InChI=1S/C16H18N4O2/c1-16(2,3)20(15(22)12-8-5-4-6-9-12)19-14(21)13-10-7-11-17-18-13/h4-11H,1-3H3,(H,19,21). The fourth-order valence-corrected chi connectivity index (χ4v) is 1.81. The summed E-state index contributed by atoms with van der Waals surface area (Å²) >= 11 is 0. The number of carbonyl (C=O) groups is 2. The lowest BCUT2D eigenvalue weighted by molar-refractivity contribution is 0.0356. The Morgan fingerprint density at radius 3 is 2.27 bits per heavy atom. The summed E-state index contributed by atoms with van der Waals surface area (Å²) in [6, 6.07) is 11.9. The van der Waals surface area contributed by atoms with Crippen molar-refractivity contribution in [3.8, 4) is 0 Å². The molecule has 0 saturated carbocycles. The number of nitrogens with one attached hydrogen (secondary N) is 1. The molecule has 1 aromatic heterocycles. The van der Waals surface area contributed by atoms with E-state index >= 15 is 0 Å². The average Bonchev–Trinajstić information content (AvgIpc) is 2.52. The highest BCUT2D eigenvalue weighted by atomic mass is 16.2. The maximum Gasteiger partial charge on any atom is 0.290 e. The molecule has 0 atom stereocenters. The van der Waals surface area contributed by atoms with Crippen molar-refractivity contribution >= 4 is 11.8 Å². The van der Waals surface area contributed by atoms with Gasteiger partial charge in [0.2, 0.25) is 0 Å². The van der Waals surface area contributed by atoms with E-state index in [0.29, 0.717) is 5.56 Å². The third-order valence-electron chi connectivity index (χ3n) is 2.91. The van der Waals surface area contributed by atoms with E-state index in [1.807, 2.05) is 26.8 Å². The molecule has 0 aliphatic rings. The van der Waals surface area contributed by atoms with E-state index in [9.17, 15) is 9.59 Å². The minimum atomic E-state index is -0.592. The van der Waals surface area contributed by atoms with Crippen molar-refractivity contribution in [3.05, 3.63) is 59.9 Å². The van der Waals surface area contributed by atoms with Crippen molar-refractivity contribution in [2.75, 3.05) is 0 Å². The van der Waals surface area contributed by atoms with Gasteiger partial charge in [0.15, 0.2) is 5.69 Å². The van der Waals surface area contributed by atoms with Crippen LogP contribution >= 0.6 is 0 Å². The third-order valence-corrected chi connectivity index (χ3v) is 2.91. The van der Waals surface area contributed by atoms with Crippen LogP contribution in [0.15, 0.2) is 48.7 Å². The molecule has 0 aliphatic heterocycles. The van der Waals surface area contributed by atoms with Crippen LogP contribution in [0.2, 0.25) is 0 Å². The summed E-state index contributed by atoms with van der Waals surface area (Å²) in [7, 11) is 0. The summed E-state index contributed by atoms with van der Waals surface area (Å²) in [5, 5.41) is 8.71. The summed E-state index contributed by atoms with van der Waals surface area (Å²) in [6.07, 6.45) is 1.48. The van der Waals surface area contributed by atoms with Gasteiger partial charge in [-0.2, -0.15) is 5.10 Å². The highest BCUT2D eigenvalue weighted by molar-refractivity contribution is 5.98. The third kappa shape index (κ3) is 3.66. The van der Waals surface area contributed by atoms with E-state index in [1.54, 1.807) is 30.3 Å². The van der Waals surface area contributed by atoms with Crippen molar-refractivity contribution in [3.63, 3.8) is 0 Å². The molecule has 6 nitrogen and oxygen atoms in total. The van der Waals surface area contributed by atoms with Crippen LogP contribution in [-0.2, 0) is 0 Å². The number of hydrogen-bond acceptors (Lipinski definition) is 4. The SMILES string of the molecule is CC(C)(C)N(NC(=O)c1cccnn1)C(=O)c1ccccc1. The molecule has 0 radical (unpaired) electrons. The lowest BCUT2D eigenvalue weighted by atomic mass is 10.1. The molecule has 0 bridgehead atoms. The second-order valence-corrected chi connectivity index (χ2v) is 5.73. The molecule has 1 aromatic carbocycles. The highest BCUT2D eigenvalue weighted by Gasteiger charge is 2.29. The molecule has 1 heterocycles. The van der Waals surface area contributed by atoms with Crippen molar-refractivity contribution in [2.24, 2.45) is 0 Å². The van der Waals surface area contributed by atoms with Crippen LogP contribution in [0.4, 0.5) is 0 Å². The minimum Gasteiger partial charge on any atom is -0.267 e. The molecule has 114 valence electrons. The van der Waals surface area contributed by atoms with E-state index < -0.39 is 11.4 Å². The van der Waals surface area contributed by atoms with Crippen LogP contribution in [-0.4, -0.2) is 32.6 Å². The number of amides is 2. The molecule has 0 saturated heterocycles. The monoisotopic (exact) mass is 298 g/mol. The van der Waals surface area contributed by atoms with Gasteiger partial charge in [0.1, 0.15) is 0 Å². The first-order valence-corrected chi connectivity index (χ1v) is 6.88. The zero-order valence-corrected chi connectivity index (χ0v) is 12.8. The number of carbonyl (C=O) groups excluding carboxylic acids is 2. The first-order chi connectivity index (χ1) is 10.4. The lowest BCUT2D eigenvalue weighted by Crippen LogP contribution is -2.56. The van der Waals surface area contributed by atoms with Gasteiger partial charge >= 0.3 is 0 Å². The molecule has 0 fully saturated rings. The largest absolute Gasteiger partial charge is 0.290 e. The van der Waals surface area contributed by atoms with Crippen LogP contribution in [0.25, 0.3) is 0 Å². The van der Waals surface area contributed by atoms with Crippen LogP contribution in [0.3, 0.4) is 0 Å². The summed E-state index contributed by atoms with van der Waals surface area (Å²) in [5.74, 6) is -0.766. The lowest BCUT2D eigenvalue weighted by Gasteiger charge is -2.35. The Hall–Kier alpha value is -2.76. The van der Waals surface area contributed by atoms with Crippen molar-refractivity contribution in [1.82, 2.24) is 20.6 Å². The summed E-state index contributed by atoms with van der Waals surface area (Å²) in [4.78, 5) is 24.9. The van der Waals surface area contributed by atoms with Gasteiger partial charge in [-0.3, -0.25) is 15.0 Å². The van der Waals surface area contributed by atoms with E-state index in [2.05, 4.69) is 15.6 Å². The molecular formula is C16H18N4O2. The summed E-state index contributed by atoms with van der Waals surface area (Å²) < 4.78 is 0. The van der Waals surface area contributed by atoms with E-state index in [4.69, 9.17) is 0 Å². The number of hydrazine groups is 1. The predicted octanol–water partition coefficient (Wildman–Crippen LogP) is 2.06. The van der Waals surface area contributed by atoms with Gasteiger partial charge in [0, 0.05) is 11.8 Å². The molecule has 2 aromatic rings. The van der Waals surface area contributed by atoms with Gasteiger partial charge in [-0.05, 0) is 45.0 Å². The Bertz CT molecular complexity index is 651. The van der Waals surface area contributed by atoms with Crippen LogP contribution in [0, 0.1) is 0 Å². The van der Waals surface area contributed by atoms with Gasteiger partial charge in [0.05, 0.1) is 5.54 Å². The second kappa shape index (κ2) is 6.34. The molecule has 22 heavy (non-hydrogen) atoms. The van der Waals surface area contributed by atoms with Crippen molar-refractivity contribution in [1.29, 1.82) is 0 Å². The Morgan fingerprint density at radius 1 is 1.05 bits per heavy atom. The number of aromatic nitrogens is 2. The van der Waals surface area contributed by atoms with Crippen molar-refractivity contribution in [2.45, 2.75) is 26.3 Å². The fraction of sp³-hybridized carbons (Fsp3) is 0.250. The van der Waals surface area contributed by atoms with Gasteiger partial charge < -0.3 is 0 Å². The minimum absolute atomic E-state index is 0.151. The predicted molar refractivity (Wildman–Crippen MR) is 81.9 cm³/mol. The van der Waals surface area contributed by atoms with Gasteiger partial charge in [0.25, 0.3) is 11.8 Å². The fourth-order valence-electron chi connectivity index (χ4n) is 1.81. The maximum atomic E-state index is 12.6. The Labute approximate surface area is 129 Å². The number of nitrogens with zero attached hydrogens (tertiary/aromatic N) is 3. The Kier molecular flexibility index (Phi) is 4.50. The molecule has 2 rings (SSSR count). The first-order valence-electron chi connectivity index (χ1n) is 6.88. The van der Waals surface area contributed by atoms with Crippen LogP contribution < -0.4 is 5.43 Å². The Balaban J connectivity index is 2.25. The second-order valence-electron chi connectivity index (χ2n) is 5.73. The zero-order chi connectivity index (χ0) is 16.2. The topological polar surface area (TPSA) is 75.2 Å². The normalized spacial score (nSPS) is 10.9. The number of rotatable bonds is 2. The van der Waals surface area contributed by atoms with Gasteiger partial charge in [-0.15, -0.1) is 5.10 Å². The van der Waals surface area contributed by atoms with Crippen LogP contribution in [0.5, 0.6) is 0 Å². The van der Waals surface area contributed by atoms with E-state index in [1.165, 1.54) is 17.3 Å². The Morgan fingerprint density at radius 2 is 1.73 bits per heavy atom. The molecule has 0 spiro atoms. The smallest absolute Gasteiger partial charge is 0.267 e. The van der Waals surface area contributed by atoms with Gasteiger partial charge in [-0.1, -0.05) is 18.2 Å². The summed E-state index contributed by atoms with van der Waals surface area (Å²) in [6.45, 7) is 5.51. The quantitative estimate of drug-likeness (QED) is 0.861. The van der Waals surface area contributed by atoms with E-state index in [-0.39, 0.29) is 11.6 Å². The summed E-state index contributed by atoms with van der Waals surface area (Å²) in [5.41, 5.74) is 2.67. The first kappa shape index (κ1) is 15.6. The average molecular weight is 298 g/mol. The highest BCUT2D eigenvalue weighted by Crippen LogP contribution is 2.15. The zero-order valence-electron chi connectivity index (χ0n) is 12.8. The van der Waals surface area contributed by atoms with Gasteiger partial charge in [-0.25, -0.2) is 5.01 Å². The number of hydrogen-bond donors (Lipinski definition) is 1. The molecule has 1 N–H and O–H groups in total. The van der Waals surface area contributed by atoms with E-state index in [0.717, 1.165) is 0 Å². The van der Waals surface area contributed by atoms with Crippen LogP contribution in [0.1, 0.15) is 41.6 Å². The van der Waals surface area contributed by atoms with Crippen molar-refractivity contribution < 1.29 is 9.59 Å². The molecule has 0 unspecified atom stereocenters. The molecule has 6 heteroatoms.